The van der Waals surface area contributed by atoms with Gasteiger partial charge in [-0.25, -0.2) is 0 Å². The van der Waals surface area contributed by atoms with Gasteiger partial charge in [-0.05, 0) is 38.0 Å². The Labute approximate surface area is 92.4 Å². The molecule has 2 heteroatoms. The predicted molar refractivity (Wildman–Crippen MR) is 61.7 cm³/mol. The zero-order valence-corrected chi connectivity index (χ0v) is 10.4. The van der Waals surface area contributed by atoms with Crippen LogP contribution < -0.4 is 0 Å². The highest BCUT2D eigenvalue weighted by molar-refractivity contribution is 5.71. The zero-order chi connectivity index (χ0) is 11.8. The highest BCUT2D eigenvalue weighted by atomic mass is 16.4. The van der Waals surface area contributed by atoms with Crippen molar-refractivity contribution in [2.75, 3.05) is 0 Å². The second-order valence-electron chi connectivity index (χ2n) is 5.89. The lowest BCUT2D eigenvalue weighted by Gasteiger charge is -2.39. The molecule has 0 amide bonds. The van der Waals surface area contributed by atoms with Crippen LogP contribution in [0.5, 0.6) is 0 Å². The quantitative estimate of drug-likeness (QED) is 0.673. The Morgan fingerprint density at radius 1 is 1.20 bits per heavy atom. The van der Waals surface area contributed by atoms with E-state index >= 15 is 0 Å². The summed E-state index contributed by atoms with van der Waals surface area (Å²) >= 11 is 0. The van der Waals surface area contributed by atoms with Crippen molar-refractivity contribution in [3.63, 3.8) is 0 Å². The molecule has 0 aromatic carbocycles. The molecule has 86 valence electrons. The smallest absolute Gasteiger partial charge is 0.307 e. The van der Waals surface area contributed by atoms with Crippen LogP contribution in [0.2, 0.25) is 0 Å². The molecule has 2 unspecified atom stereocenters. The highest BCUT2D eigenvalue weighted by Gasteiger charge is 2.39. The first-order valence-electron chi connectivity index (χ1n) is 5.61. The minimum absolute atomic E-state index is 0.0744. The summed E-state index contributed by atoms with van der Waals surface area (Å²) in [6.07, 6.45) is 1.66. The molecule has 1 rings (SSSR count). The van der Waals surface area contributed by atoms with E-state index in [1.165, 1.54) is 11.1 Å². The number of allylic oxidation sites excluding steroid dienone is 2. The number of carboxylic acids is 1. The molecule has 0 radical (unpaired) electrons. The topological polar surface area (TPSA) is 37.3 Å². The molecule has 0 aromatic rings. The summed E-state index contributed by atoms with van der Waals surface area (Å²) in [6.45, 7) is 10.6. The Kier molecular flexibility index (Phi) is 3.27. The third kappa shape index (κ3) is 2.61. The summed E-state index contributed by atoms with van der Waals surface area (Å²) in [5.74, 6) is -0.575. The molecule has 1 aliphatic rings. The molecule has 0 aromatic heterocycles. The maximum absolute atomic E-state index is 11.2. The zero-order valence-electron chi connectivity index (χ0n) is 10.4. The fourth-order valence-corrected chi connectivity index (χ4v) is 2.46. The second-order valence-corrected chi connectivity index (χ2v) is 5.89. The van der Waals surface area contributed by atoms with Gasteiger partial charge in [-0.15, -0.1) is 0 Å². The molecule has 0 aliphatic heterocycles. The van der Waals surface area contributed by atoms with Gasteiger partial charge in [0.1, 0.15) is 0 Å². The van der Waals surface area contributed by atoms with Gasteiger partial charge in [0.15, 0.2) is 0 Å². The molecule has 0 bridgehead atoms. The average molecular weight is 210 g/mol. The van der Waals surface area contributed by atoms with Crippen molar-refractivity contribution in [3.8, 4) is 0 Å². The van der Waals surface area contributed by atoms with E-state index in [0.29, 0.717) is 0 Å². The maximum Gasteiger partial charge on any atom is 0.307 e. The van der Waals surface area contributed by atoms with Gasteiger partial charge in [0, 0.05) is 0 Å². The second kappa shape index (κ2) is 3.99. The Morgan fingerprint density at radius 3 is 2.07 bits per heavy atom. The molecule has 15 heavy (non-hydrogen) atoms. The van der Waals surface area contributed by atoms with Gasteiger partial charge in [0.25, 0.3) is 0 Å². The molecular formula is C13H22O2. The molecule has 2 atom stereocenters. The first-order chi connectivity index (χ1) is 6.73. The monoisotopic (exact) mass is 210 g/mol. The van der Waals surface area contributed by atoms with Crippen molar-refractivity contribution >= 4 is 5.97 Å². The molecule has 0 spiro atoms. The van der Waals surface area contributed by atoms with Crippen LogP contribution in [0.25, 0.3) is 0 Å². The molecule has 2 nitrogen and oxygen atoms in total. The van der Waals surface area contributed by atoms with Crippen molar-refractivity contribution in [2.24, 2.45) is 17.3 Å². The number of aliphatic carboxylic acids is 1. The molecule has 0 heterocycles. The average Bonchev–Trinajstić information content (AvgIpc) is 2.06. The molecular weight excluding hydrogens is 188 g/mol. The van der Waals surface area contributed by atoms with Crippen molar-refractivity contribution in [3.05, 3.63) is 11.1 Å². The summed E-state index contributed by atoms with van der Waals surface area (Å²) in [6, 6.07) is 0. The van der Waals surface area contributed by atoms with E-state index in [2.05, 4.69) is 34.6 Å². The van der Waals surface area contributed by atoms with Crippen molar-refractivity contribution in [1.29, 1.82) is 0 Å². The predicted octanol–water partition coefficient (Wildman–Crippen LogP) is 3.48. The lowest BCUT2D eigenvalue weighted by molar-refractivity contribution is -0.145. The number of hydrogen-bond donors (Lipinski definition) is 1. The summed E-state index contributed by atoms with van der Waals surface area (Å²) in [5, 5.41) is 9.25. The molecule has 1 N–H and O–H groups in total. The van der Waals surface area contributed by atoms with Crippen LogP contribution >= 0.6 is 0 Å². The third-order valence-corrected chi connectivity index (χ3v) is 3.70. The largest absolute Gasteiger partial charge is 0.481 e. The SMILES string of the molecule is CC1=C(C)CC(C(C)(C)C)C(C(=O)O)C1. The van der Waals surface area contributed by atoms with Crippen LogP contribution in [-0.4, -0.2) is 11.1 Å². The van der Waals surface area contributed by atoms with Crippen LogP contribution in [-0.2, 0) is 4.79 Å². The van der Waals surface area contributed by atoms with Crippen LogP contribution in [0.3, 0.4) is 0 Å². The van der Waals surface area contributed by atoms with E-state index in [4.69, 9.17) is 0 Å². The lowest BCUT2D eigenvalue weighted by atomic mass is 9.65. The van der Waals surface area contributed by atoms with Gasteiger partial charge in [0.2, 0.25) is 0 Å². The van der Waals surface area contributed by atoms with E-state index in [1.54, 1.807) is 0 Å². The van der Waals surface area contributed by atoms with Gasteiger partial charge < -0.3 is 5.11 Å². The van der Waals surface area contributed by atoms with Gasteiger partial charge >= 0.3 is 5.97 Å². The van der Waals surface area contributed by atoms with E-state index < -0.39 is 5.97 Å². The van der Waals surface area contributed by atoms with Crippen LogP contribution in [0.1, 0.15) is 47.5 Å². The minimum atomic E-state index is -0.637. The van der Waals surface area contributed by atoms with Crippen LogP contribution in [0.15, 0.2) is 11.1 Å². The first-order valence-corrected chi connectivity index (χ1v) is 5.61. The van der Waals surface area contributed by atoms with E-state index in [1.807, 2.05) is 0 Å². The van der Waals surface area contributed by atoms with Gasteiger partial charge in [-0.2, -0.15) is 0 Å². The Balaban J connectivity index is 3.00. The number of rotatable bonds is 1. The number of carboxylic acid groups (broad SMARTS) is 1. The number of carbonyl (C=O) groups is 1. The van der Waals surface area contributed by atoms with Crippen molar-refractivity contribution in [2.45, 2.75) is 47.5 Å². The summed E-state index contributed by atoms with van der Waals surface area (Å²) < 4.78 is 0. The Hall–Kier alpha value is -0.790. The number of hydrogen-bond acceptors (Lipinski definition) is 1. The Morgan fingerprint density at radius 2 is 1.67 bits per heavy atom. The molecule has 0 fully saturated rings. The van der Waals surface area contributed by atoms with Gasteiger partial charge in [-0.3, -0.25) is 4.79 Å². The van der Waals surface area contributed by atoms with E-state index in [0.717, 1.165) is 12.8 Å². The van der Waals surface area contributed by atoms with Gasteiger partial charge in [-0.1, -0.05) is 31.9 Å². The first kappa shape index (κ1) is 12.3. The standard InChI is InChI=1S/C13H22O2/c1-8-6-10(12(14)15)11(7-9(8)2)13(3,4)5/h10-11H,6-7H2,1-5H3,(H,14,15). The van der Waals surface area contributed by atoms with Crippen molar-refractivity contribution < 1.29 is 9.90 Å². The van der Waals surface area contributed by atoms with Crippen LogP contribution in [0, 0.1) is 17.3 Å². The fraction of sp³-hybridized carbons (Fsp3) is 0.769. The van der Waals surface area contributed by atoms with E-state index in [9.17, 15) is 9.90 Å². The molecule has 1 aliphatic carbocycles. The Bertz CT molecular complexity index is 294. The van der Waals surface area contributed by atoms with Crippen molar-refractivity contribution in [1.82, 2.24) is 0 Å². The normalized spacial score (nSPS) is 28.1. The fourth-order valence-electron chi connectivity index (χ4n) is 2.46. The van der Waals surface area contributed by atoms with Gasteiger partial charge in [0.05, 0.1) is 5.92 Å². The summed E-state index contributed by atoms with van der Waals surface area (Å²) in [7, 11) is 0. The maximum atomic E-state index is 11.2. The molecule has 0 saturated carbocycles. The summed E-state index contributed by atoms with van der Waals surface area (Å²) in [4.78, 5) is 11.2. The minimum Gasteiger partial charge on any atom is -0.481 e. The summed E-state index contributed by atoms with van der Waals surface area (Å²) in [5.41, 5.74) is 2.72. The lowest BCUT2D eigenvalue weighted by Crippen LogP contribution is -2.36. The molecule has 0 saturated heterocycles. The highest BCUT2D eigenvalue weighted by Crippen LogP contribution is 2.43. The van der Waals surface area contributed by atoms with E-state index in [-0.39, 0.29) is 17.3 Å². The third-order valence-electron chi connectivity index (χ3n) is 3.70. The van der Waals surface area contributed by atoms with Crippen LogP contribution in [0.4, 0.5) is 0 Å².